The Kier molecular flexibility index (Phi) is 4.06. The molecule has 1 aliphatic heterocycles. The van der Waals surface area contributed by atoms with Gasteiger partial charge in [-0.1, -0.05) is 0 Å². The first-order valence-corrected chi connectivity index (χ1v) is 5.95. The van der Waals surface area contributed by atoms with Crippen molar-refractivity contribution in [1.82, 2.24) is 4.98 Å². The van der Waals surface area contributed by atoms with Crippen LogP contribution in [0.2, 0.25) is 0 Å². The molecule has 2 unspecified atom stereocenters. The highest BCUT2D eigenvalue weighted by Gasteiger charge is 2.30. The maximum absolute atomic E-state index is 10.9. The zero-order valence-electron chi connectivity index (χ0n) is 10.4. The molecule has 0 bridgehead atoms. The number of carbonyl (C=O) groups is 1. The van der Waals surface area contributed by atoms with Gasteiger partial charge in [0.25, 0.3) is 5.69 Å². The monoisotopic (exact) mass is 266 g/mol. The fraction of sp³-hybridized carbons (Fsp3) is 0.500. The Morgan fingerprint density at radius 1 is 1.63 bits per heavy atom. The number of hydrogen-bond acceptors (Lipinski definition) is 6. The molecule has 2 rings (SSSR count). The molecule has 0 aromatic carbocycles. The largest absolute Gasteiger partial charge is 0.462 e. The summed E-state index contributed by atoms with van der Waals surface area (Å²) < 4.78 is 10.7. The van der Waals surface area contributed by atoms with E-state index in [1.807, 2.05) is 0 Å². The number of carbonyl (C=O) groups excluding carboxylic acids is 1. The summed E-state index contributed by atoms with van der Waals surface area (Å²) in [7, 11) is 0. The van der Waals surface area contributed by atoms with E-state index in [0.717, 1.165) is 0 Å². The van der Waals surface area contributed by atoms with Crippen molar-refractivity contribution in [2.75, 3.05) is 6.61 Å². The Morgan fingerprint density at radius 2 is 2.42 bits per heavy atom. The minimum atomic E-state index is -0.485. The van der Waals surface area contributed by atoms with Gasteiger partial charge < -0.3 is 9.47 Å². The highest BCUT2D eigenvalue weighted by molar-refractivity contribution is 5.66. The normalized spacial score (nSPS) is 22.8. The van der Waals surface area contributed by atoms with Crippen molar-refractivity contribution in [2.24, 2.45) is 0 Å². The highest BCUT2D eigenvalue weighted by Crippen LogP contribution is 2.34. The predicted molar refractivity (Wildman–Crippen MR) is 64.4 cm³/mol. The summed E-state index contributed by atoms with van der Waals surface area (Å²) in [5, 5.41) is 10.9. The highest BCUT2D eigenvalue weighted by atomic mass is 16.6. The molecule has 0 amide bonds. The Bertz CT molecular complexity index is 491. The molecule has 0 spiro atoms. The fourth-order valence-corrected chi connectivity index (χ4v) is 2.15. The lowest BCUT2D eigenvalue weighted by atomic mass is 9.99. The lowest BCUT2D eigenvalue weighted by Gasteiger charge is -2.28. The fourth-order valence-electron chi connectivity index (χ4n) is 2.15. The third-order valence-corrected chi connectivity index (χ3v) is 2.94. The molecule has 2 atom stereocenters. The van der Waals surface area contributed by atoms with Gasteiger partial charge in [0.05, 0.1) is 23.2 Å². The van der Waals surface area contributed by atoms with Crippen molar-refractivity contribution in [3.63, 3.8) is 0 Å². The van der Waals surface area contributed by atoms with Gasteiger partial charge in [-0.25, -0.2) is 0 Å². The van der Waals surface area contributed by atoms with Gasteiger partial charge in [0.1, 0.15) is 12.3 Å². The average molecular weight is 266 g/mol. The topological polar surface area (TPSA) is 91.6 Å². The van der Waals surface area contributed by atoms with Crippen LogP contribution < -0.4 is 0 Å². The third-order valence-electron chi connectivity index (χ3n) is 2.94. The second-order valence-corrected chi connectivity index (χ2v) is 4.31. The standard InChI is InChI=1S/C12H14N2O5/c1-8(15)19-9-3-5-18-12(6-9)10-2-4-13-7-11(10)14(16)17/h2,4,7,9,12H,3,5-6H2,1H3. The van der Waals surface area contributed by atoms with Crippen LogP contribution in [-0.4, -0.2) is 28.6 Å². The molecule has 0 N–H and O–H groups in total. The SMILES string of the molecule is CC(=O)OC1CCOC(c2ccncc2[N+](=O)[O-])C1. The van der Waals surface area contributed by atoms with E-state index in [-0.39, 0.29) is 17.8 Å². The van der Waals surface area contributed by atoms with Crippen LogP contribution in [0.4, 0.5) is 5.69 Å². The van der Waals surface area contributed by atoms with Gasteiger partial charge in [-0.15, -0.1) is 0 Å². The second-order valence-electron chi connectivity index (χ2n) is 4.31. The van der Waals surface area contributed by atoms with Crippen LogP contribution in [0.3, 0.4) is 0 Å². The Balaban J connectivity index is 2.17. The zero-order valence-corrected chi connectivity index (χ0v) is 10.4. The lowest BCUT2D eigenvalue weighted by Crippen LogP contribution is -2.28. The van der Waals surface area contributed by atoms with Crippen molar-refractivity contribution in [1.29, 1.82) is 0 Å². The first-order valence-electron chi connectivity index (χ1n) is 5.95. The summed E-state index contributed by atoms with van der Waals surface area (Å²) in [6.07, 6.45) is 3.01. The minimum absolute atomic E-state index is 0.0732. The molecule has 7 heteroatoms. The van der Waals surface area contributed by atoms with Crippen molar-refractivity contribution >= 4 is 11.7 Å². The molecule has 1 aromatic heterocycles. The number of hydrogen-bond donors (Lipinski definition) is 0. The van der Waals surface area contributed by atoms with Crippen LogP contribution in [0.1, 0.15) is 31.4 Å². The molecule has 7 nitrogen and oxygen atoms in total. The summed E-state index contributed by atoms with van der Waals surface area (Å²) in [4.78, 5) is 25.2. The number of pyridine rings is 1. The van der Waals surface area contributed by atoms with Gasteiger partial charge in [-0.3, -0.25) is 19.9 Å². The molecule has 102 valence electrons. The van der Waals surface area contributed by atoms with Crippen molar-refractivity contribution in [3.8, 4) is 0 Å². The molecule has 1 saturated heterocycles. The van der Waals surface area contributed by atoms with Crippen LogP contribution in [0.15, 0.2) is 18.5 Å². The second kappa shape index (κ2) is 5.75. The number of nitrogens with zero attached hydrogens (tertiary/aromatic N) is 2. The van der Waals surface area contributed by atoms with E-state index in [2.05, 4.69) is 4.98 Å². The van der Waals surface area contributed by atoms with Crippen LogP contribution in [0.5, 0.6) is 0 Å². The van der Waals surface area contributed by atoms with Crippen LogP contribution in [0.25, 0.3) is 0 Å². The summed E-state index contributed by atoms with van der Waals surface area (Å²) in [5.41, 5.74) is 0.396. The molecular formula is C12H14N2O5. The van der Waals surface area contributed by atoms with Crippen LogP contribution >= 0.6 is 0 Å². The molecule has 0 radical (unpaired) electrons. The smallest absolute Gasteiger partial charge is 0.302 e. The van der Waals surface area contributed by atoms with Gasteiger partial charge in [0, 0.05) is 26.0 Å². The molecular weight excluding hydrogens is 252 g/mol. The van der Waals surface area contributed by atoms with E-state index in [1.165, 1.54) is 19.3 Å². The molecule has 19 heavy (non-hydrogen) atoms. The Morgan fingerprint density at radius 3 is 3.11 bits per heavy atom. The molecule has 0 saturated carbocycles. The van der Waals surface area contributed by atoms with Crippen molar-refractivity contribution in [3.05, 3.63) is 34.1 Å². The maximum Gasteiger partial charge on any atom is 0.302 e. The number of rotatable bonds is 3. The van der Waals surface area contributed by atoms with Crippen molar-refractivity contribution < 1.29 is 19.2 Å². The van der Waals surface area contributed by atoms with E-state index < -0.39 is 11.0 Å². The lowest BCUT2D eigenvalue weighted by molar-refractivity contribution is -0.386. The van der Waals surface area contributed by atoms with E-state index in [1.54, 1.807) is 6.07 Å². The Labute approximate surface area is 109 Å². The van der Waals surface area contributed by atoms with Gasteiger partial charge in [-0.05, 0) is 6.07 Å². The van der Waals surface area contributed by atoms with Gasteiger partial charge in [0.2, 0.25) is 0 Å². The maximum atomic E-state index is 10.9. The van der Waals surface area contributed by atoms with Gasteiger partial charge in [-0.2, -0.15) is 0 Å². The van der Waals surface area contributed by atoms with Crippen molar-refractivity contribution in [2.45, 2.75) is 32.0 Å². The molecule has 1 fully saturated rings. The first kappa shape index (κ1) is 13.4. The molecule has 2 heterocycles. The van der Waals surface area contributed by atoms with E-state index in [0.29, 0.717) is 25.0 Å². The molecule has 1 aliphatic rings. The summed E-state index contributed by atoms with van der Waals surface area (Å²) >= 11 is 0. The predicted octanol–water partition coefficient (Wildman–Crippen LogP) is 1.77. The third kappa shape index (κ3) is 3.25. The molecule has 0 aliphatic carbocycles. The number of aromatic nitrogens is 1. The van der Waals surface area contributed by atoms with Gasteiger partial charge >= 0.3 is 5.97 Å². The Hall–Kier alpha value is -2.02. The minimum Gasteiger partial charge on any atom is -0.462 e. The van der Waals surface area contributed by atoms with E-state index in [4.69, 9.17) is 9.47 Å². The van der Waals surface area contributed by atoms with Gasteiger partial charge in [0.15, 0.2) is 0 Å². The molecule has 1 aromatic rings. The van der Waals surface area contributed by atoms with E-state index in [9.17, 15) is 14.9 Å². The van der Waals surface area contributed by atoms with E-state index >= 15 is 0 Å². The summed E-state index contributed by atoms with van der Waals surface area (Å²) in [5.74, 6) is -0.352. The summed E-state index contributed by atoms with van der Waals surface area (Å²) in [6.45, 7) is 1.75. The number of esters is 1. The average Bonchev–Trinajstić information content (AvgIpc) is 2.38. The zero-order chi connectivity index (χ0) is 13.8. The number of ether oxygens (including phenoxy) is 2. The quantitative estimate of drug-likeness (QED) is 0.470. The van der Waals surface area contributed by atoms with Crippen LogP contribution in [-0.2, 0) is 14.3 Å². The van der Waals surface area contributed by atoms with Crippen LogP contribution in [0, 0.1) is 10.1 Å². The summed E-state index contributed by atoms with van der Waals surface area (Å²) in [6, 6.07) is 1.57. The first-order chi connectivity index (χ1) is 9.08. The number of nitro groups is 1.